The van der Waals surface area contributed by atoms with E-state index in [0.29, 0.717) is 0 Å². The van der Waals surface area contributed by atoms with Gasteiger partial charge < -0.3 is 15.2 Å². The molecule has 6 heteroatoms. The quantitative estimate of drug-likeness (QED) is 0.815. The van der Waals surface area contributed by atoms with Crippen LogP contribution in [0.2, 0.25) is 0 Å². The van der Waals surface area contributed by atoms with Crippen molar-refractivity contribution in [3.05, 3.63) is 35.4 Å². The Balaban J connectivity index is 2.71. The first-order valence-corrected chi connectivity index (χ1v) is 5.03. The van der Waals surface area contributed by atoms with Gasteiger partial charge in [0.15, 0.2) is 6.29 Å². The van der Waals surface area contributed by atoms with Crippen molar-refractivity contribution in [3.8, 4) is 0 Å². The second kappa shape index (κ2) is 6.00. The molecule has 96 valence electrons. The smallest absolute Gasteiger partial charge is 0.348 e. The monoisotopic (exact) mass is 249 g/mol. The van der Waals surface area contributed by atoms with Crippen LogP contribution in [-0.4, -0.2) is 13.0 Å². The molecular weight excluding hydrogens is 235 g/mol. The third kappa shape index (κ3) is 4.33. The summed E-state index contributed by atoms with van der Waals surface area (Å²) in [4.78, 5) is 0. The number of hydrogen-bond acceptors (Lipinski definition) is 3. The Hall–Kier alpha value is -1.11. The van der Waals surface area contributed by atoms with Gasteiger partial charge in [0.1, 0.15) is 0 Å². The molecule has 0 heterocycles. The van der Waals surface area contributed by atoms with Crippen molar-refractivity contribution < 1.29 is 22.6 Å². The molecule has 3 nitrogen and oxygen atoms in total. The van der Waals surface area contributed by atoms with E-state index in [1.807, 2.05) is 0 Å². The van der Waals surface area contributed by atoms with Crippen molar-refractivity contribution >= 4 is 0 Å². The van der Waals surface area contributed by atoms with Gasteiger partial charge in [0.25, 0.3) is 0 Å². The van der Waals surface area contributed by atoms with Crippen molar-refractivity contribution in [2.75, 3.05) is 6.73 Å². The summed E-state index contributed by atoms with van der Waals surface area (Å²) in [7, 11) is 0. The molecule has 0 saturated heterocycles. The van der Waals surface area contributed by atoms with E-state index in [0.717, 1.165) is 6.07 Å². The SMILES string of the molecule is CC(OCN)OCc1ccccc1C(F)(F)F. The zero-order chi connectivity index (χ0) is 12.9. The predicted octanol–water partition coefficient (Wildman–Crippen LogP) is 2.50. The molecule has 1 unspecified atom stereocenters. The molecule has 1 rings (SSSR count). The maximum Gasteiger partial charge on any atom is 0.416 e. The minimum Gasteiger partial charge on any atom is -0.348 e. The molecule has 0 aliphatic heterocycles. The topological polar surface area (TPSA) is 44.5 Å². The molecular formula is C11H14F3NO2. The molecule has 0 radical (unpaired) electrons. The second-order valence-electron chi connectivity index (χ2n) is 3.37. The van der Waals surface area contributed by atoms with E-state index in [2.05, 4.69) is 0 Å². The van der Waals surface area contributed by atoms with Gasteiger partial charge in [-0.3, -0.25) is 0 Å². The Morgan fingerprint density at radius 3 is 2.47 bits per heavy atom. The molecule has 0 spiro atoms. The van der Waals surface area contributed by atoms with Crippen LogP contribution in [0.25, 0.3) is 0 Å². The fraction of sp³-hybridized carbons (Fsp3) is 0.455. The van der Waals surface area contributed by atoms with Crippen LogP contribution < -0.4 is 5.73 Å². The van der Waals surface area contributed by atoms with Crippen LogP contribution in [-0.2, 0) is 22.3 Å². The summed E-state index contributed by atoms with van der Waals surface area (Å²) in [5, 5.41) is 0. The van der Waals surface area contributed by atoms with Crippen LogP contribution in [0.15, 0.2) is 24.3 Å². The number of ether oxygens (including phenoxy) is 2. The highest BCUT2D eigenvalue weighted by Crippen LogP contribution is 2.32. The highest BCUT2D eigenvalue weighted by molar-refractivity contribution is 5.28. The first-order chi connectivity index (χ1) is 7.95. The molecule has 1 aromatic rings. The molecule has 1 aromatic carbocycles. The van der Waals surface area contributed by atoms with Gasteiger partial charge in [-0.15, -0.1) is 0 Å². The number of hydrogen-bond donors (Lipinski definition) is 1. The Labute approximate surface area is 97.3 Å². The van der Waals surface area contributed by atoms with Gasteiger partial charge >= 0.3 is 6.18 Å². The molecule has 17 heavy (non-hydrogen) atoms. The molecule has 0 aromatic heterocycles. The lowest BCUT2D eigenvalue weighted by molar-refractivity contribution is -0.148. The number of alkyl halides is 3. The van der Waals surface area contributed by atoms with Gasteiger partial charge in [-0.2, -0.15) is 13.2 Å². The normalized spacial score (nSPS) is 13.7. The van der Waals surface area contributed by atoms with Crippen LogP contribution in [0, 0.1) is 0 Å². The maximum absolute atomic E-state index is 12.6. The molecule has 0 aliphatic rings. The molecule has 0 saturated carbocycles. The maximum atomic E-state index is 12.6. The Morgan fingerprint density at radius 2 is 1.88 bits per heavy atom. The summed E-state index contributed by atoms with van der Waals surface area (Å²) in [5.41, 5.74) is 4.50. The van der Waals surface area contributed by atoms with Gasteiger partial charge in [0.2, 0.25) is 0 Å². The minimum atomic E-state index is -4.38. The Bertz CT molecular complexity index is 355. The van der Waals surface area contributed by atoms with Crippen molar-refractivity contribution in [2.45, 2.75) is 26.0 Å². The first kappa shape index (κ1) is 14.0. The zero-order valence-electron chi connectivity index (χ0n) is 9.33. The summed E-state index contributed by atoms with van der Waals surface area (Å²) >= 11 is 0. The van der Waals surface area contributed by atoms with E-state index < -0.39 is 18.0 Å². The Morgan fingerprint density at radius 1 is 1.24 bits per heavy atom. The van der Waals surface area contributed by atoms with E-state index in [1.165, 1.54) is 18.2 Å². The lowest BCUT2D eigenvalue weighted by atomic mass is 10.1. The van der Waals surface area contributed by atoms with Gasteiger partial charge in [-0.25, -0.2) is 0 Å². The van der Waals surface area contributed by atoms with Crippen LogP contribution in [0.5, 0.6) is 0 Å². The van der Waals surface area contributed by atoms with E-state index in [4.69, 9.17) is 15.2 Å². The largest absolute Gasteiger partial charge is 0.416 e. The lowest BCUT2D eigenvalue weighted by Crippen LogP contribution is -2.18. The predicted molar refractivity (Wildman–Crippen MR) is 55.8 cm³/mol. The van der Waals surface area contributed by atoms with E-state index >= 15 is 0 Å². The molecule has 2 N–H and O–H groups in total. The summed E-state index contributed by atoms with van der Waals surface area (Å²) in [6, 6.07) is 5.26. The van der Waals surface area contributed by atoms with Crippen molar-refractivity contribution in [1.82, 2.24) is 0 Å². The van der Waals surface area contributed by atoms with Crippen LogP contribution in [0.3, 0.4) is 0 Å². The van der Waals surface area contributed by atoms with Crippen LogP contribution in [0.4, 0.5) is 13.2 Å². The number of rotatable bonds is 5. The highest BCUT2D eigenvalue weighted by Gasteiger charge is 2.32. The van der Waals surface area contributed by atoms with E-state index in [9.17, 15) is 13.2 Å². The van der Waals surface area contributed by atoms with E-state index in [1.54, 1.807) is 6.92 Å². The third-order valence-electron chi connectivity index (χ3n) is 2.13. The summed E-state index contributed by atoms with van der Waals surface area (Å²) in [6.45, 7) is 1.36. The van der Waals surface area contributed by atoms with Crippen molar-refractivity contribution in [2.24, 2.45) is 5.73 Å². The number of benzene rings is 1. The number of nitrogens with two attached hydrogens (primary N) is 1. The first-order valence-electron chi connectivity index (χ1n) is 5.03. The van der Waals surface area contributed by atoms with Crippen molar-refractivity contribution in [1.29, 1.82) is 0 Å². The van der Waals surface area contributed by atoms with Crippen molar-refractivity contribution in [3.63, 3.8) is 0 Å². The standard InChI is InChI=1S/C11H14F3NO2/c1-8(17-7-15)16-6-9-4-2-3-5-10(9)11(12,13)14/h2-5,8H,6-7,15H2,1H3. The summed E-state index contributed by atoms with van der Waals surface area (Å²) in [6.07, 6.45) is -5.01. The second-order valence-corrected chi connectivity index (χ2v) is 3.37. The van der Waals surface area contributed by atoms with Gasteiger partial charge in [-0.05, 0) is 18.6 Å². The third-order valence-corrected chi connectivity index (χ3v) is 2.13. The highest BCUT2D eigenvalue weighted by atomic mass is 19.4. The molecule has 0 fully saturated rings. The van der Waals surface area contributed by atoms with Gasteiger partial charge in [0.05, 0.1) is 18.9 Å². The van der Waals surface area contributed by atoms with E-state index in [-0.39, 0.29) is 18.9 Å². The lowest BCUT2D eigenvalue weighted by Gasteiger charge is -2.16. The summed E-state index contributed by atoms with van der Waals surface area (Å²) < 4.78 is 47.8. The summed E-state index contributed by atoms with van der Waals surface area (Å²) in [5.74, 6) is 0. The average molecular weight is 249 g/mol. The number of halogens is 3. The zero-order valence-corrected chi connectivity index (χ0v) is 9.33. The minimum absolute atomic E-state index is 0.0396. The molecule has 0 amide bonds. The fourth-order valence-corrected chi connectivity index (χ4v) is 1.31. The fourth-order valence-electron chi connectivity index (χ4n) is 1.31. The molecule has 1 atom stereocenters. The molecule has 0 bridgehead atoms. The van der Waals surface area contributed by atoms with Crippen LogP contribution >= 0.6 is 0 Å². The van der Waals surface area contributed by atoms with Gasteiger partial charge in [0, 0.05) is 0 Å². The average Bonchev–Trinajstić information content (AvgIpc) is 2.26. The Kier molecular flexibility index (Phi) is 4.92. The molecule has 0 aliphatic carbocycles. The van der Waals surface area contributed by atoms with Gasteiger partial charge in [-0.1, -0.05) is 18.2 Å². The van der Waals surface area contributed by atoms with Crippen LogP contribution in [0.1, 0.15) is 18.1 Å².